The molecule has 1 aliphatic rings. The van der Waals surface area contributed by atoms with E-state index in [1.165, 1.54) is 0 Å². The average molecular weight is 366 g/mol. The molecule has 1 fully saturated rings. The van der Waals surface area contributed by atoms with E-state index in [9.17, 15) is 4.79 Å². The van der Waals surface area contributed by atoms with Gasteiger partial charge in [0.25, 0.3) is 5.91 Å². The summed E-state index contributed by atoms with van der Waals surface area (Å²) in [6.07, 6.45) is 3.39. The highest BCUT2D eigenvalue weighted by Gasteiger charge is 2.25. The molecule has 5 nitrogen and oxygen atoms in total. The first-order valence-corrected chi connectivity index (χ1v) is 8.43. The Morgan fingerprint density at radius 3 is 2.92 bits per heavy atom. The third-order valence-corrected chi connectivity index (χ3v) is 4.38. The molecule has 0 bridgehead atoms. The summed E-state index contributed by atoms with van der Waals surface area (Å²) in [5.74, 6) is 0.466. The minimum atomic E-state index is -0.140. The fourth-order valence-corrected chi connectivity index (χ4v) is 3.11. The van der Waals surface area contributed by atoms with Crippen LogP contribution in [0.3, 0.4) is 0 Å². The maximum atomic E-state index is 12.8. The first-order chi connectivity index (χ1) is 11.5. The quantitative estimate of drug-likeness (QED) is 0.899. The highest BCUT2D eigenvalue weighted by Crippen LogP contribution is 2.32. The molecule has 1 aromatic heterocycles. The molecule has 1 aliphatic heterocycles. The zero-order valence-corrected chi connectivity index (χ0v) is 14.4. The molecule has 0 saturated carbocycles. The van der Waals surface area contributed by atoms with Gasteiger partial charge in [0, 0.05) is 30.4 Å². The van der Waals surface area contributed by atoms with E-state index in [4.69, 9.17) is 33.7 Å². The Hall–Kier alpha value is -1.82. The SMILES string of the molecule is NC1CCCN(C(=O)c2cccnc2Oc2ccc(Cl)cc2Cl)C1. The van der Waals surface area contributed by atoms with Crippen molar-refractivity contribution in [3.05, 3.63) is 52.1 Å². The Balaban J connectivity index is 1.86. The first-order valence-electron chi connectivity index (χ1n) is 7.67. The number of hydrogen-bond donors (Lipinski definition) is 1. The maximum absolute atomic E-state index is 12.8. The monoisotopic (exact) mass is 365 g/mol. The maximum Gasteiger partial charge on any atom is 0.259 e. The molecule has 1 amide bonds. The third kappa shape index (κ3) is 3.80. The van der Waals surface area contributed by atoms with Crippen molar-refractivity contribution in [3.8, 4) is 11.6 Å². The minimum Gasteiger partial charge on any atom is -0.437 e. The second kappa shape index (κ2) is 7.38. The molecule has 126 valence electrons. The predicted molar refractivity (Wildman–Crippen MR) is 93.9 cm³/mol. The summed E-state index contributed by atoms with van der Waals surface area (Å²) >= 11 is 12.0. The summed E-state index contributed by atoms with van der Waals surface area (Å²) in [6.45, 7) is 1.22. The molecule has 2 aromatic rings. The van der Waals surface area contributed by atoms with Crippen LogP contribution in [0, 0.1) is 0 Å². The van der Waals surface area contributed by atoms with Crippen LogP contribution in [0.5, 0.6) is 11.6 Å². The normalized spacial score (nSPS) is 17.6. The van der Waals surface area contributed by atoms with E-state index in [0.717, 1.165) is 12.8 Å². The number of pyridine rings is 1. The molecule has 24 heavy (non-hydrogen) atoms. The number of halogens is 2. The number of likely N-dealkylation sites (tertiary alicyclic amines) is 1. The lowest BCUT2D eigenvalue weighted by atomic mass is 10.1. The summed E-state index contributed by atoms with van der Waals surface area (Å²) in [4.78, 5) is 18.7. The number of carbonyl (C=O) groups is 1. The minimum absolute atomic E-state index is 0.00875. The molecular formula is C17H17Cl2N3O2. The molecule has 7 heteroatoms. The number of carbonyl (C=O) groups excluding carboxylic acids is 1. The molecule has 2 heterocycles. The van der Waals surface area contributed by atoms with Gasteiger partial charge in [-0.05, 0) is 43.2 Å². The Morgan fingerprint density at radius 1 is 1.33 bits per heavy atom. The van der Waals surface area contributed by atoms with Gasteiger partial charge in [-0.2, -0.15) is 0 Å². The van der Waals surface area contributed by atoms with Gasteiger partial charge < -0.3 is 15.4 Å². The van der Waals surface area contributed by atoms with Crippen molar-refractivity contribution in [2.75, 3.05) is 13.1 Å². The number of piperidine rings is 1. The number of amides is 1. The number of nitrogens with two attached hydrogens (primary N) is 1. The Morgan fingerprint density at radius 2 is 2.17 bits per heavy atom. The molecule has 0 radical (unpaired) electrons. The lowest BCUT2D eigenvalue weighted by Gasteiger charge is -2.31. The highest BCUT2D eigenvalue weighted by atomic mass is 35.5. The average Bonchev–Trinajstić information content (AvgIpc) is 2.57. The van der Waals surface area contributed by atoms with Gasteiger partial charge in [0.1, 0.15) is 11.3 Å². The summed E-state index contributed by atoms with van der Waals surface area (Å²) < 4.78 is 5.75. The van der Waals surface area contributed by atoms with Gasteiger partial charge in [0.2, 0.25) is 5.88 Å². The summed E-state index contributed by atoms with van der Waals surface area (Å²) in [6, 6.07) is 8.28. The van der Waals surface area contributed by atoms with Crippen LogP contribution in [0.2, 0.25) is 10.0 Å². The number of hydrogen-bond acceptors (Lipinski definition) is 4. The summed E-state index contributed by atoms with van der Waals surface area (Å²) in [5, 5.41) is 0.860. The number of ether oxygens (including phenoxy) is 1. The van der Waals surface area contributed by atoms with E-state index >= 15 is 0 Å². The second-order valence-electron chi connectivity index (χ2n) is 5.69. The fraction of sp³-hybridized carbons (Fsp3) is 0.294. The van der Waals surface area contributed by atoms with Crippen molar-refractivity contribution in [1.29, 1.82) is 0 Å². The standard InChI is InChI=1S/C17H17Cl2N3O2/c18-11-5-6-15(14(19)9-11)24-16-13(4-1-7-21-16)17(23)22-8-2-3-12(20)10-22/h1,4-7,9,12H,2-3,8,10,20H2. The van der Waals surface area contributed by atoms with Crippen LogP contribution in [-0.4, -0.2) is 34.9 Å². The lowest BCUT2D eigenvalue weighted by Crippen LogP contribution is -2.45. The highest BCUT2D eigenvalue weighted by molar-refractivity contribution is 6.35. The van der Waals surface area contributed by atoms with Crippen molar-refractivity contribution in [2.24, 2.45) is 5.73 Å². The van der Waals surface area contributed by atoms with Crippen LogP contribution in [-0.2, 0) is 0 Å². The van der Waals surface area contributed by atoms with E-state index in [1.807, 2.05) is 0 Å². The Labute approximate surface area is 150 Å². The van der Waals surface area contributed by atoms with E-state index in [-0.39, 0.29) is 17.8 Å². The van der Waals surface area contributed by atoms with Crippen molar-refractivity contribution in [2.45, 2.75) is 18.9 Å². The van der Waals surface area contributed by atoms with Crippen molar-refractivity contribution in [1.82, 2.24) is 9.88 Å². The molecule has 3 rings (SSSR count). The van der Waals surface area contributed by atoms with E-state index in [2.05, 4.69) is 4.98 Å². The van der Waals surface area contributed by atoms with Gasteiger partial charge in [-0.1, -0.05) is 23.2 Å². The van der Waals surface area contributed by atoms with E-state index < -0.39 is 0 Å². The van der Waals surface area contributed by atoms with Crippen molar-refractivity contribution >= 4 is 29.1 Å². The Bertz CT molecular complexity index is 754. The van der Waals surface area contributed by atoms with Crippen LogP contribution in [0.15, 0.2) is 36.5 Å². The molecule has 1 unspecified atom stereocenters. The van der Waals surface area contributed by atoms with Crippen LogP contribution in [0.25, 0.3) is 0 Å². The Kier molecular flexibility index (Phi) is 5.23. The smallest absolute Gasteiger partial charge is 0.259 e. The summed E-state index contributed by atoms with van der Waals surface area (Å²) in [5.41, 5.74) is 6.35. The first kappa shape index (κ1) is 17.0. The van der Waals surface area contributed by atoms with Crippen LogP contribution in [0.1, 0.15) is 23.2 Å². The molecular weight excluding hydrogens is 349 g/mol. The molecule has 1 atom stereocenters. The largest absolute Gasteiger partial charge is 0.437 e. The molecule has 0 spiro atoms. The molecule has 2 N–H and O–H groups in total. The van der Waals surface area contributed by atoms with Gasteiger partial charge in [0.15, 0.2) is 0 Å². The number of aromatic nitrogens is 1. The zero-order chi connectivity index (χ0) is 17.1. The molecule has 1 aromatic carbocycles. The van der Waals surface area contributed by atoms with Crippen LogP contribution >= 0.6 is 23.2 Å². The van der Waals surface area contributed by atoms with Crippen molar-refractivity contribution < 1.29 is 9.53 Å². The van der Waals surface area contributed by atoms with E-state index in [0.29, 0.717) is 34.4 Å². The van der Waals surface area contributed by atoms with Gasteiger partial charge in [-0.3, -0.25) is 4.79 Å². The van der Waals surface area contributed by atoms with Crippen LogP contribution < -0.4 is 10.5 Å². The van der Waals surface area contributed by atoms with Crippen LogP contribution in [0.4, 0.5) is 0 Å². The zero-order valence-electron chi connectivity index (χ0n) is 12.9. The number of rotatable bonds is 3. The molecule has 1 saturated heterocycles. The third-order valence-electron chi connectivity index (χ3n) is 3.85. The van der Waals surface area contributed by atoms with Gasteiger partial charge in [0.05, 0.1) is 5.02 Å². The predicted octanol–water partition coefficient (Wildman–Crippen LogP) is 3.74. The number of nitrogens with zero attached hydrogens (tertiary/aromatic N) is 2. The number of benzene rings is 1. The fourth-order valence-electron chi connectivity index (χ4n) is 2.66. The van der Waals surface area contributed by atoms with Gasteiger partial charge >= 0.3 is 0 Å². The molecule has 0 aliphatic carbocycles. The second-order valence-corrected chi connectivity index (χ2v) is 6.53. The van der Waals surface area contributed by atoms with Crippen molar-refractivity contribution in [3.63, 3.8) is 0 Å². The topological polar surface area (TPSA) is 68.5 Å². The van der Waals surface area contributed by atoms with Gasteiger partial charge in [-0.25, -0.2) is 4.98 Å². The van der Waals surface area contributed by atoms with Gasteiger partial charge in [-0.15, -0.1) is 0 Å². The lowest BCUT2D eigenvalue weighted by molar-refractivity contribution is 0.0705. The summed E-state index contributed by atoms with van der Waals surface area (Å²) in [7, 11) is 0. The van der Waals surface area contributed by atoms with E-state index in [1.54, 1.807) is 41.4 Å².